The van der Waals surface area contributed by atoms with Gasteiger partial charge in [-0.3, -0.25) is 14.5 Å². The summed E-state index contributed by atoms with van der Waals surface area (Å²) in [4.78, 5) is 28.0. The molecule has 174 valence electrons. The Morgan fingerprint density at radius 3 is 2.35 bits per heavy atom. The van der Waals surface area contributed by atoms with Crippen LogP contribution in [0.3, 0.4) is 0 Å². The molecule has 0 aromatic heterocycles. The summed E-state index contributed by atoms with van der Waals surface area (Å²) in [6.45, 7) is 2.34. The number of nitrogens with zero attached hydrogens (tertiary/aromatic N) is 1. The molecule has 1 aliphatic rings. The Balaban J connectivity index is 1.96. The first-order valence-electron chi connectivity index (χ1n) is 10.8. The van der Waals surface area contributed by atoms with Crippen LogP contribution < -0.4 is 19.1 Å². The van der Waals surface area contributed by atoms with Gasteiger partial charge in [-0.1, -0.05) is 30.3 Å². The number of carbonyl (C=O) groups is 2. The number of ether oxygens (including phenoxy) is 3. The van der Waals surface area contributed by atoms with E-state index in [4.69, 9.17) is 14.2 Å². The number of aliphatic hydroxyl groups excluding tert-OH is 1. The van der Waals surface area contributed by atoms with Crippen molar-refractivity contribution >= 4 is 23.1 Å². The minimum Gasteiger partial charge on any atom is -0.507 e. The summed E-state index contributed by atoms with van der Waals surface area (Å²) in [6, 6.07) is 20.0. The first-order chi connectivity index (χ1) is 16.5. The molecule has 0 saturated carbocycles. The number of hydrogen-bond donors (Lipinski definition) is 1. The van der Waals surface area contributed by atoms with E-state index in [0.717, 1.165) is 0 Å². The molecule has 0 aliphatic carbocycles. The van der Waals surface area contributed by atoms with Crippen molar-refractivity contribution in [2.24, 2.45) is 0 Å². The maximum absolute atomic E-state index is 13.3. The zero-order chi connectivity index (χ0) is 24.2. The third-order valence-corrected chi connectivity index (χ3v) is 5.63. The van der Waals surface area contributed by atoms with Gasteiger partial charge in [0.15, 0.2) is 0 Å². The molecule has 1 aliphatic heterocycles. The van der Waals surface area contributed by atoms with Crippen molar-refractivity contribution in [2.45, 2.75) is 13.0 Å². The standard InChI is InChI=1S/C27H25NO6/c1-4-34-20-12-8-9-17(15-20)24-23(25(29)21-14-13-19(32-2)16-22(21)33-3)26(30)27(31)28(24)18-10-6-5-7-11-18/h5-16,24,29H,4H2,1-3H3/b25-23-. The first-order valence-corrected chi connectivity index (χ1v) is 10.8. The van der Waals surface area contributed by atoms with E-state index in [1.54, 1.807) is 66.7 Å². The van der Waals surface area contributed by atoms with Crippen LogP contribution in [0.25, 0.3) is 5.76 Å². The summed E-state index contributed by atoms with van der Waals surface area (Å²) >= 11 is 0. The lowest BCUT2D eigenvalue weighted by Crippen LogP contribution is -2.29. The summed E-state index contributed by atoms with van der Waals surface area (Å²) < 4.78 is 16.3. The Kier molecular flexibility index (Phi) is 6.54. The molecule has 7 heteroatoms. The quantitative estimate of drug-likeness (QED) is 0.312. The number of hydrogen-bond acceptors (Lipinski definition) is 6. The van der Waals surface area contributed by atoms with Crippen molar-refractivity contribution < 1.29 is 28.9 Å². The Bertz CT molecular complexity index is 1250. The van der Waals surface area contributed by atoms with Gasteiger partial charge in [-0.2, -0.15) is 0 Å². The molecule has 1 saturated heterocycles. The SMILES string of the molecule is CCOc1cccc(C2/C(=C(/O)c3ccc(OC)cc3OC)C(=O)C(=O)N2c2ccccc2)c1. The molecular weight excluding hydrogens is 434 g/mol. The minimum absolute atomic E-state index is 0.0361. The molecule has 1 heterocycles. The van der Waals surface area contributed by atoms with Crippen molar-refractivity contribution in [3.05, 3.63) is 89.5 Å². The van der Waals surface area contributed by atoms with E-state index in [-0.39, 0.29) is 16.9 Å². The Morgan fingerprint density at radius 1 is 0.912 bits per heavy atom. The number of methoxy groups -OCH3 is 2. The van der Waals surface area contributed by atoms with E-state index >= 15 is 0 Å². The van der Waals surface area contributed by atoms with Gasteiger partial charge in [0.2, 0.25) is 0 Å². The van der Waals surface area contributed by atoms with Gasteiger partial charge in [-0.05, 0) is 48.9 Å². The Labute approximate surface area is 197 Å². The third-order valence-electron chi connectivity index (χ3n) is 5.63. The van der Waals surface area contributed by atoms with Crippen LogP contribution in [0.5, 0.6) is 17.2 Å². The molecule has 0 spiro atoms. The van der Waals surface area contributed by atoms with Gasteiger partial charge in [0.25, 0.3) is 11.7 Å². The topological polar surface area (TPSA) is 85.3 Å². The lowest BCUT2D eigenvalue weighted by Gasteiger charge is -2.26. The molecule has 34 heavy (non-hydrogen) atoms. The predicted octanol–water partition coefficient (Wildman–Crippen LogP) is 4.73. The van der Waals surface area contributed by atoms with Crippen LogP contribution >= 0.6 is 0 Å². The van der Waals surface area contributed by atoms with Crippen LogP contribution in [0.2, 0.25) is 0 Å². The smallest absolute Gasteiger partial charge is 0.300 e. The number of para-hydroxylation sites is 1. The maximum atomic E-state index is 13.3. The number of rotatable bonds is 7. The Morgan fingerprint density at radius 2 is 1.68 bits per heavy atom. The number of ketones is 1. The minimum atomic E-state index is -0.866. The second kappa shape index (κ2) is 9.70. The van der Waals surface area contributed by atoms with Crippen LogP contribution in [0.15, 0.2) is 78.4 Å². The second-order valence-electron chi connectivity index (χ2n) is 7.58. The zero-order valence-electron chi connectivity index (χ0n) is 19.1. The fraction of sp³-hybridized carbons (Fsp3) is 0.185. The number of Topliss-reactive ketones (excluding diaryl/α,β-unsaturated/α-hetero) is 1. The molecule has 0 bridgehead atoms. The number of amides is 1. The summed E-state index contributed by atoms with van der Waals surface area (Å²) in [5.41, 5.74) is 1.41. The van der Waals surface area contributed by atoms with Crippen LogP contribution in [-0.4, -0.2) is 37.6 Å². The third kappa shape index (κ3) is 4.08. The molecule has 1 amide bonds. The maximum Gasteiger partial charge on any atom is 0.300 e. The average molecular weight is 459 g/mol. The van der Waals surface area contributed by atoms with Crippen molar-refractivity contribution in [2.75, 3.05) is 25.7 Å². The van der Waals surface area contributed by atoms with Gasteiger partial charge in [0, 0.05) is 11.8 Å². The van der Waals surface area contributed by atoms with Crippen molar-refractivity contribution in [1.29, 1.82) is 0 Å². The zero-order valence-corrected chi connectivity index (χ0v) is 19.1. The molecule has 1 fully saturated rings. The molecule has 3 aromatic rings. The van der Waals surface area contributed by atoms with E-state index in [0.29, 0.717) is 35.1 Å². The highest BCUT2D eigenvalue weighted by molar-refractivity contribution is 6.51. The van der Waals surface area contributed by atoms with Gasteiger partial charge >= 0.3 is 0 Å². The molecule has 4 rings (SSSR count). The molecule has 3 aromatic carbocycles. The van der Waals surface area contributed by atoms with E-state index in [2.05, 4.69) is 0 Å². The summed E-state index contributed by atoms with van der Waals surface area (Å²) in [7, 11) is 2.97. The molecule has 1 unspecified atom stereocenters. The molecule has 1 atom stereocenters. The number of aliphatic hydroxyl groups is 1. The predicted molar refractivity (Wildman–Crippen MR) is 128 cm³/mol. The van der Waals surface area contributed by atoms with E-state index < -0.39 is 17.7 Å². The van der Waals surface area contributed by atoms with Crippen LogP contribution in [0, 0.1) is 0 Å². The van der Waals surface area contributed by atoms with E-state index in [9.17, 15) is 14.7 Å². The number of benzene rings is 3. The van der Waals surface area contributed by atoms with Crippen molar-refractivity contribution in [3.63, 3.8) is 0 Å². The van der Waals surface area contributed by atoms with Gasteiger partial charge in [0.05, 0.1) is 38.0 Å². The highest BCUT2D eigenvalue weighted by Gasteiger charge is 2.47. The average Bonchev–Trinajstić information content (AvgIpc) is 3.14. The summed E-state index contributed by atoms with van der Waals surface area (Å²) in [5.74, 6) is -0.412. The first kappa shape index (κ1) is 22.9. The van der Waals surface area contributed by atoms with Crippen LogP contribution in [0.1, 0.15) is 24.1 Å². The second-order valence-corrected chi connectivity index (χ2v) is 7.58. The van der Waals surface area contributed by atoms with Crippen LogP contribution in [0.4, 0.5) is 5.69 Å². The van der Waals surface area contributed by atoms with Crippen molar-refractivity contribution in [3.8, 4) is 17.2 Å². The molecular formula is C27H25NO6. The summed E-state index contributed by atoms with van der Waals surface area (Å²) in [6.07, 6.45) is 0. The monoisotopic (exact) mass is 459 g/mol. The van der Waals surface area contributed by atoms with Crippen molar-refractivity contribution in [1.82, 2.24) is 0 Å². The lowest BCUT2D eigenvalue weighted by molar-refractivity contribution is -0.132. The highest BCUT2D eigenvalue weighted by Crippen LogP contribution is 2.44. The van der Waals surface area contributed by atoms with Gasteiger partial charge < -0.3 is 19.3 Å². The normalized spacial score (nSPS) is 17.0. The largest absolute Gasteiger partial charge is 0.507 e. The highest BCUT2D eigenvalue weighted by atomic mass is 16.5. The van der Waals surface area contributed by atoms with Gasteiger partial charge in [-0.25, -0.2) is 0 Å². The summed E-state index contributed by atoms with van der Waals surface area (Å²) in [5, 5.41) is 11.4. The fourth-order valence-electron chi connectivity index (χ4n) is 4.08. The fourth-order valence-corrected chi connectivity index (χ4v) is 4.08. The van der Waals surface area contributed by atoms with Gasteiger partial charge in [0.1, 0.15) is 23.0 Å². The molecule has 1 N–H and O–H groups in total. The van der Waals surface area contributed by atoms with Crippen LogP contribution in [-0.2, 0) is 9.59 Å². The van der Waals surface area contributed by atoms with E-state index in [1.807, 2.05) is 13.0 Å². The Hall–Kier alpha value is -4.26. The lowest BCUT2D eigenvalue weighted by atomic mass is 9.94. The van der Waals surface area contributed by atoms with Gasteiger partial charge in [-0.15, -0.1) is 0 Å². The number of anilines is 1. The van der Waals surface area contributed by atoms with E-state index in [1.165, 1.54) is 19.1 Å². The molecule has 0 radical (unpaired) electrons. The molecule has 7 nitrogen and oxygen atoms in total. The number of carbonyl (C=O) groups excluding carboxylic acids is 2.